The predicted octanol–water partition coefficient (Wildman–Crippen LogP) is 2.39. The molecular formula is C22H34N4O4. The lowest BCUT2D eigenvalue weighted by atomic mass is 10.00. The molecule has 30 heavy (non-hydrogen) atoms. The van der Waals surface area contributed by atoms with Crippen molar-refractivity contribution in [2.75, 3.05) is 33.3 Å². The SMILES string of the molecule is C/C=C/c1cnc2c(c1)C(=O)N([C@@H](C)CO)C[C@H](C)[C@@H](CN(C)C(=O)NCCC)O2. The molecule has 0 saturated carbocycles. The van der Waals surface area contributed by atoms with Crippen LogP contribution < -0.4 is 10.1 Å². The van der Waals surface area contributed by atoms with Crippen LogP contribution in [0.4, 0.5) is 4.79 Å². The number of urea groups is 1. The Morgan fingerprint density at radius 1 is 1.53 bits per heavy atom. The van der Waals surface area contributed by atoms with Crippen LogP contribution in [0.15, 0.2) is 18.3 Å². The summed E-state index contributed by atoms with van der Waals surface area (Å²) in [7, 11) is 1.72. The minimum Gasteiger partial charge on any atom is -0.472 e. The third-order valence-corrected chi connectivity index (χ3v) is 5.23. The fourth-order valence-electron chi connectivity index (χ4n) is 3.34. The summed E-state index contributed by atoms with van der Waals surface area (Å²) < 4.78 is 6.17. The van der Waals surface area contributed by atoms with Crippen molar-refractivity contribution in [3.8, 4) is 5.88 Å². The van der Waals surface area contributed by atoms with E-state index in [-0.39, 0.29) is 42.5 Å². The molecule has 1 aromatic rings. The van der Waals surface area contributed by atoms with Crippen LogP contribution in [0, 0.1) is 5.92 Å². The van der Waals surface area contributed by atoms with Gasteiger partial charge in [-0.05, 0) is 31.9 Å². The minimum absolute atomic E-state index is 0.0745. The summed E-state index contributed by atoms with van der Waals surface area (Å²) >= 11 is 0. The van der Waals surface area contributed by atoms with E-state index in [1.807, 2.05) is 39.8 Å². The van der Waals surface area contributed by atoms with Crippen LogP contribution in [-0.2, 0) is 0 Å². The van der Waals surface area contributed by atoms with Crippen molar-refractivity contribution in [1.29, 1.82) is 0 Å². The van der Waals surface area contributed by atoms with Crippen molar-refractivity contribution in [3.63, 3.8) is 0 Å². The van der Waals surface area contributed by atoms with E-state index in [1.54, 1.807) is 29.1 Å². The van der Waals surface area contributed by atoms with Crippen molar-refractivity contribution in [2.24, 2.45) is 5.92 Å². The number of ether oxygens (including phenoxy) is 1. The summed E-state index contributed by atoms with van der Waals surface area (Å²) in [5.74, 6) is -0.0402. The van der Waals surface area contributed by atoms with E-state index in [9.17, 15) is 14.7 Å². The third-order valence-electron chi connectivity index (χ3n) is 5.23. The smallest absolute Gasteiger partial charge is 0.317 e. The first kappa shape index (κ1) is 23.7. The number of aliphatic hydroxyl groups is 1. The van der Waals surface area contributed by atoms with Gasteiger partial charge < -0.3 is 25.0 Å². The highest BCUT2D eigenvalue weighted by molar-refractivity contribution is 5.97. The summed E-state index contributed by atoms with van der Waals surface area (Å²) in [4.78, 5) is 33.2. The summed E-state index contributed by atoms with van der Waals surface area (Å²) in [6.45, 7) is 8.92. The van der Waals surface area contributed by atoms with Crippen LogP contribution in [0.25, 0.3) is 6.08 Å². The van der Waals surface area contributed by atoms with E-state index in [0.29, 0.717) is 25.2 Å². The molecule has 0 saturated heterocycles. The molecule has 0 spiro atoms. The van der Waals surface area contributed by atoms with Gasteiger partial charge >= 0.3 is 6.03 Å². The van der Waals surface area contributed by atoms with Gasteiger partial charge in [0.25, 0.3) is 5.91 Å². The lowest BCUT2D eigenvalue weighted by Gasteiger charge is -2.37. The number of aliphatic hydroxyl groups excluding tert-OH is 1. The number of hydrogen-bond donors (Lipinski definition) is 2. The molecule has 3 atom stereocenters. The molecule has 0 radical (unpaired) electrons. The Labute approximate surface area is 178 Å². The molecule has 1 aliphatic rings. The van der Waals surface area contributed by atoms with Gasteiger partial charge in [-0.25, -0.2) is 9.78 Å². The molecular weight excluding hydrogens is 384 g/mol. The number of rotatable bonds is 7. The normalized spacial score (nSPS) is 20.2. The van der Waals surface area contributed by atoms with Crippen molar-refractivity contribution in [1.82, 2.24) is 20.1 Å². The van der Waals surface area contributed by atoms with Crippen molar-refractivity contribution in [2.45, 2.75) is 46.3 Å². The van der Waals surface area contributed by atoms with Crippen LogP contribution in [0.2, 0.25) is 0 Å². The van der Waals surface area contributed by atoms with Gasteiger partial charge in [0.1, 0.15) is 11.7 Å². The third kappa shape index (κ3) is 5.72. The molecule has 3 amide bonds. The zero-order valence-electron chi connectivity index (χ0n) is 18.6. The topological polar surface area (TPSA) is 95.0 Å². The van der Waals surface area contributed by atoms with E-state index in [4.69, 9.17) is 4.74 Å². The first-order valence-electron chi connectivity index (χ1n) is 10.5. The van der Waals surface area contributed by atoms with Crippen molar-refractivity contribution in [3.05, 3.63) is 29.5 Å². The Kier molecular flexibility index (Phi) is 8.65. The van der Waals surface area contributed by atoms with Crippen LogP contribution in [0.5, 0.6) is 5.88 Å². The Morgan fingerprint density at radius 2 is 2.27 bits per heavy atom. The largest absolute Gasteiger partial charge is 0.472 e. The van der Waals surface area contributed by atoms with Gasteiger partial charge in [-0.3, -0.25) is 4.79 Å². The molecule has 2 heterocycles. The molecule has 1 aromatic heterocycles. The molecule has 0 aliphatic carbocycles. The standard InChI is InChI=1S/C22H34N4O4/c1-6-8-17-10-18-20(24-11-17)30-19(13-25(5)22(29)23-9-7-2)15(3)12-26(21(18)28)16(4)14-27/h6,8,10-11,15-16,19,27H,7,9,12-14H2,1-5H3,(H,23,29)/b8-6+/t15-,16-,19+/m0/s1. The van der Waals surface area contributed by atoms with E-state index in [2.05, 4.69) is 10.3 Å². The van der Waals surface area contributed by atoms with E-state index in [0.717, 1.165) is 12.0 Å². The number of amides is 3. The maximum Gasteiger partial charge on any atom is 0.317 e. The Hall–Kier alpha value is -2.61. The Bertz CT molecular complexity index is 768. The lowest BCUT2D eigenvalue weighted by Crippen LogP contribution is -2.51. The number of carbonyl (C=O) groups is 2. The molecule has 0 unspecified atom stereocenters. The van der Waals surface area contributed by atoms with Crippen molar-refractivity contribution >= 4 is 18.0 Å². The number of hydrogen-bond acceptors (Lipinski definition) is 5. The second-order valence-corrected chi connectivity index (χ2v) is 7.86. The number of likely N-dealkylation sites (N-methyl/N-ethyl adjacent to an activating group) is 1. The fourth-order valence-corrected chi connectivity index (χ4v) is 3.34. The minimum atomic E-state index is -0.359. The summed E-state index contributed by atoms with van der Waals surface area (Å²) in [5, 5.41) is 12.6. The molecule has 0 fully saturated rings. The van der Waals surface area contributed by atoms with E-state index in [1.165, 1.54) is 0 Å². The fraction of sp³-hybridized carbons (Fsp3) is 0.591. The summed E-state index contributed by atoms with van der Waals surface area (Å²) in [5.41, 5.74) is 1.16. The molecule has 2 N–H and O–H groups in total. The van der Waals surface area contributed by atoms with Crippen LogP contribution in [-0.4, -0.2) is 77.3 Å². The van der Waals surface area contributed by atoms with Crippen LogP contribution in [0.3, 0.4) is 0 Å². The number of nitrogens with zero attached hydrogens (tertiary/aromatic N) is 3. The number of nitrogens with one attached hydrogen (secondary N) is 1. The summed E-state index contributed by atoms with van der Waals surface area (Å²) in [6, 6.07) is 1.25. The van der Waals surface area contributed by atoms with Gasteiger partial charge in [0, 0.05) is 32.3 Å². The molecule has 1 aliphatic heterocycles. The zero-order valence-corrected chi connectivity index (χ0v) is 18.6. The monoisotopic (exact) mass is 418 g/mol. The summed E-state index contributed by atoms with van der Waals surface area (Å²) in [6.07, 6.45) is 5.90. The average molecular weight is 419 g/mol. The number of pyridine rings is 1. The van der Waals surface area contributed by atoms with Gasteiger partial charge in [0.15, 0.2) is 0 Å². The maximum atomic E-state index is 13.2. The number of fused-ring (bicyclic) bond motifs is 1. The number of aromatic nitrogens is 1. The first-order chi connectivity index (χ1) is 14.3. The predicted molar refractivity (Wildman–Crippen MR) is 116 cm³/mol. The molecule has 2 rings (SSSR count). The molecule has 0 aromatic carbocycles. The Morgan fingerprint density at radius 3 is 2.90 bits per heavy atom. The quantitative estimate of drug-likeness (QED) is 0.709. The lowest BCUT2D eigenvalue weighted by molar-refractivity contribution is 0.0352. The zero-order chi connectivity index (χ0) is 22.3. The molecule has 0 bridgehead atoms. The number of allylic oxidation sites excluding steroid dienone is 1. The number of carbonyl (C=O) groups excluding carboxylic acids is 2. The van der Waals surface area contributed by atoms with Gasteiger partial charge in [-0.2, -0.15) is 0 Å². The Balaban J connectivity index is 2.37. The maximum absolute atomic E-state index is 13.2. The van der Waals surface area contributed by atoms with Crippen LogP contribution >= 0.6 is 0 Å². The molecule has 8 nitrogen and oxygen atoms in total. The van der Waals surface area contributed by atoms with Crippen LogP contribution in [0.1, 0.15) is 50.0 Å². The second kappa shape index (κ2) is 11.0. The van der Waals surface area contributed by atoms with Gasteiger partial charge in [-0.15, -0.1) is 0 Å². The average Bonchev–Trinajstić information content (AvgIpc) is 2.74. The first-order valence-corrected chi connectivity index (χ1v) is 10.5. The van der Waals surface area contributed by atoms with Crippen molar-refractivity contribution < 1.29 is 19.4 Å². The second-order valence-electron chi connectivity index (χ2n) is 7.86. The van der Waals surface area contributed by atoms with E-state index >= 15 is 0 Å². The molecule has 8 heteroatoms. The van der Waals surface area contributed by atoms with Gasteiger partial charge in [0.2, 0.25) is 5.88 Å². The van der Waals surface area contributed by atoms with Gasteiger partial charge in [0.05, 0.1) is 19.2 Å². The highest BCUT2D eigenvalue weighted by atomic mass is 16.5. The highest BCUT2D eigenvalue weighted by Crippen LogP contribution is 2.27. The van der Waals surface area contributed by atoms with Gasteiger partial charge in [-0.1, -0.05) is 26.0 Å². The highest BCUT2D eigenvalue weighted by Gasteiger charge is 2.34. The van der Waals surface area contributed by atoms with E-state index < -0.39 is 0 Å². The molecule has 166 valence electrons.